The third-order valence-electron chi connectivity index (χ3n) is 3.08. The summed E-state index contributed by atoms with van der Waals surface area (Å²) in [5.74, 6) is 0. The summed E-state index contributed by atoms with van der Waals surface area (Å²) in [6.07, 6.45) is 1.33. The molecule has 0 aliphatic carbocycles. The molecule has 1 heterocycles. The molecule has 2 rings (SSSR count). The Morgan fingerprint density at radius 1 is 1.29 bits per heavy atom. The summed E-state index contributed by atoms with van der Waals surface area (Å²) < 4.78 is 0. The molecule has 2 nitrogen and oxygen atoms in total. The van der Waals surface area contributed by atoms with E-state index in [1.807, 2.05) is 12.1 Å². The third-order valence-corrected chi connectivity index (χ3v) is 3.08. The molecule has 0 saturated carbocycles. The minimum atomic E-state index is 0.137. The van der Waals surface area contributed by atoms with E-state index < -0.39 is 0 Å². The molecule has 14 heavy (non-hydrogen) atoms. The van der Waals surface area contributed by atoms with Crippen LogP contribution in [-0.4, -0.2) is 23.1 Å². The molecule has 76 valence electrons. The van der Waals surface area contributed by atoms with Gasteiger partial charge in [-0.25, -0.2) is 0 Å². The Labute approximate surface area is 85.2 Å². The Morgan fingerprint density at radius 2 is 1.93 bits per heavy atom. The summed E-state index contributed by atoms with van der Waals surface area (Å²) in [5.41, 5.74) is 2.34. The minimum Gasteiger partial charge on any atom is -0.392 e. The molecule has 0 unspecified atom stereocenters. The zero-order chi connectivity index (χ0) is 9.97. The molecule has 2 heteroatoms. The summed E-state index contributed by atoms with van der Waals surface area (Å²) >= 11 is 0. The number of hydrogen-bond donors (Lipinski definition) is 1. The summed E-state index contributed by atoms with van der Waals surface area (Å²) in [4.78, 5) is 2.47. The van der Waals surface area contributed by atoms with E-state index in [0.717, 1.165) is 5.56 Å². The highest BCUT2D eigenvalue weighted by atomic mass is 16.3. The van der Waals surface area contributed by atoms with Crippen LogP contribution in [0.25, 0.3) is 0 Å². The van der Waals surface area contributed by atoms with Crippen molar-refractivity contribution in [1.29, 1.82) is 0 Å². The van der Waals surface area contributed by atoms with Crippen molar-refractivity contribution in [2.75, 3.05) is 13.1 Å². The Morgan fingerprint density at radius 3 is 2.36 bits per heavy atom. The number of nitrogens with zero attached hydrogens (tertiary/aromatic N) is 1. The molecule has 0 spiro atoms. The minimum absolute atomic E-state index is 0.137. The standard InChI is InChI=1S/C12H17NO/c1-10(13-7-2-8-13)12-5-3-11(9-14)4-6-12/h3-6,10,14H,2,7-9H2,1H3/t10-/m1/s1. The molecular weight excluding hydrogens is 174 g/mol. The lowest BCUT2D eigenvalue weighted by atomic mass is 10.0. The van der Waals surface area contributed by atoms with Gasteiger partial charge >= 0.3 is 0 Å². The lowest BCUT2D eigenvalue weighted by Crippen LogP contribution is -2.38. The molecule has 0 amide bonds. The lowest BCUT2D eigenvalue weighted by Gasteiger charge is -2.36. The first-order valence-corrected chi connectivity index (χ1v) is 5.25. The normalized spacial score (nSPS) is 19.0. The van der Waals surface area contributed by atoms with Crippen LogP contribution in [0.3, 0.4) is 0 Å². The smallest absolute Gasteiger partial charge is 0.0681 e. The molecule has 0 bridgehead atoms. The highest BCUT2D eigenvalue weighted by Crippen LogP contribution is 2.24. The maximum absolute atomic E-state index is 8.92. The zero-order valence-corrected chi connectivity index (χ0v) is 8.61. The predicted molar refractivity (Wildman–Crippen MR) is 57.0 cm³/mol. The van der Waals surface area contributed by atoms with Gasteiger partial charge in [0.15, 0.2) is 0 Å². The van der Waals surface area contributed by atoms with E-state index in [0.29, 0.717) is 6.04 Å². The molecule has 0 radical (unpaired) electrons. The van der Waals surface area contributed by atoms with Crippen LogP contribution in [0, 0.1) is 0 Å². The van der Waals surface area contributed by atoms with Crippen LogP contribution in [0.4, 0.5) is 0 Å². The first-order chi connectivity index (χ1) is 6.81. The van der Waals surface area contributed by atoms with Crippen LogP contribution in [0.5, 0.6) is 0 Å². The quantitative estimate of drug-likeness (QED) is 0.789. The Kier molecular flexibility index (Phi) is 2.85. The van der Waals surface area contributed by atoms with E-state index in [9.17, 15) is 0 Å². The Hall–Kier alpha value is -0.860. The monoisotopic (exact) mass is 191 g/mol. The maximum atomic E-state index is 8.92. The summed E-state index contributed by atoms with van der Waals surface area (Å²) in [6.45, 7) is 4.83. The summed E-state index contributed by atoms with van der Waals surface area (Å²) in [5, 5.41) is 8.92. The first-order valence-electron chi connectivity index (χ1n) is 5.25. The SMILES string of the molecule is C[C@H](c1ccc(CO)cc1)N1CCC1. The van der Waals surface area contributed by atoms with Gasteiger partial charge in [-0.15, -0.1) is 0 Å². The van der Waals surface area contributed by atoms with E-state index in [2.05, 4.69) is 24.0 Å². The van der Waals surface area contributed by atoms with Crippen molar-refractivity contribution in [1.82, 2.24) is 4.90 Å². The van der Waals surface area contributed by atoms with Crippen molar-refractivity contribution in [3.05, 3.63) is 35.4 Å². The fourth-order valence-electron chi connectivity index (χ4n) is 1.84. The number of aliphatic hydroxyl groups is 1. The summed E-state index contributed by atoms with van der Waals surface area (Å²) in [7, 11) is 0. The highest BCUT2D eigenvalue weighted by Gasteiger charge is 2.20. The highest BCUT2D eigenvalue weighted by molar-refractivity contribution is 5.24. The number of aliphatic hydroxyl groups excluding tert-OH is 1. The van der Waals surface area contributed by atoms with Crippen molar-refractivity contribution in [3.8, 4) is 0 Å². The second-order valence-electron chi connectivity index (χ2n) is 3.97. The number of hydrogen-bond acceptors (Lipinski definition) is 2. The molecule has 1 atom stereocenters. The van der Waals surface area contributed by atoms with E-state index in [4.69, 9.17) is 5.11 Å². The maximum Gasteiger partial charge on any atom is 0.0681 e. The fraction of sp³-hybridized carbons (Fsp3) is 0.500. The fourth-order valence-corrected chi connectivity index (χ4v) is 1.84. The van der Waals surface area contributed by atoms with Crippen LogP contribution in [-0.2, 0) is 6.61 Å². The van der Waals surface area contributed by atoms with E-state index in [-0.39, 0.29) is 6.61 Å². The van der Waals surface area contributed by atoms with Gasteiger partial charge in [0.2, 0.25) is 0 Å². The van der Waals surface area contributed by atoms with Gasteiger partial charge in [-0.3, -0.25) is 4.90 Å². The largest absolute Gasteiger partial charge is 0.392 e. The van der Waals surface area contributed by atoms with Crippen LogP contribution < -0.4 is 0 Å². The van der Waals surface area contributed by atoms with Crippen molar-refractivity contribution in [2.24, 2.45) is 0 Å². The summed E-state index contributed by atoms with van der Waals surface area (Å²) in [6, 6.07) is 8.77. The second-order valence-corrected chi connectivity index (χ2v) is 3.97. The van der Waals surface area contributed by atoms with Gasteiger partial charge < -0.3 is 5.11 Å². The lowest BCUT2D eigenvalue weighted by molar-refractivity contribution is 0.128. The van der Waals surface area contributed by atoms with Gasteiger partial charge in [0.25, 0.3) is 0 Å². The predicted octanol–water partition coefficient (Wildman–Crippen LogP) is 1.95. The molecule has 1 aromatic carbocycles. The van der Waals surface area contributed by atoms with E-state index in [1.54, 1.807) is 0 Å². The van der Waals surface area contributed by atoms with Crippen molar-refractivity contribution >= 4 is 0 Å². The van der Waals surface area contributed by atoms with Crippen molar-refractivity contribution < 1.29 is 5.11 Å². The average Bonchev–Trinajstić information content (AvgIpc) is 2.15. The molecule has 1 aromatic rings. The number of benzene rings is 1. The van der Waals surface area contributed by atoms with E-state index >= 15 is 0 Å². The Bertz CT molecular complexity index is 290. The van der Waals surface area contributed by atoms with Gasteiger partial charge in [-0.05, 0) is 37.6 Å². The van der Waals surface area contributed by atoms with Crippen LogP contribution in [0.1, 0.15) is 30.5 Å². The van der Waals surface area contributed by atoms with Crippen molar-refractivity contribution in [3.63, 3.8) is 0 Å². The van der Waals surface area contributed by atoms with Crippen LogP contribution in [0.15, 0.2) is 24.3 Å². The molecule has 1 saturated heterocycles. The third kappa shape index (κ3) is 1.81. The number of rotatable bonds is 3. The molecule has 1 aliphatic heterocycles. The average molecular weight is 191 g/mol. The second kappa shape index (κ2) is 4.11. The molecular formula is C12H17NO. The van der Waals surface area contributed by atoms with Gasteiger partial charge in [0.1, 0.15) is 0 Å². The van der Waals surface area contributed by atoms with Gasteiger partial charge in [0.05, 0.1) is 6.61 Å². The molecule has 1 aliphatic rings. The first kappa shape index (κ1) is 9.69. The zero-order valence-electron chi connectivity index (χ0n) is 8.61. The molecule has 1 N–H and O–H groups in total. The Balaban J connectivity index is 2.07. The van der Waals surface area contributed by atoms with Gasteiger partial charge in [0, 0.05) is 6.04 Å². The molecule has 0 aromatic heterocycles. The van der Waals surface area contributed by atoms with Gasteiger partial charge in [-0.1, -0.05) is 24.3 Å². The van der Waals surface area contributed by atoms with Crippen molar-refractivity contribution in [2.45, 2.75) is 26.0 Å². The van der Waals surface area contributed by atoms with Gasteiger partial charge in [-0.2, -0.15) is 0 Å². The topological polar surface area (TPSA) is 23.5 Å². The molecule has 1 fully saturated rings. The van der Waals surface area contributed by atoms with Crippen LogP contribution in [0.2, 0.25) is 0 Å². The van der Waals surface area contributed by atoms with Crippen LogP contribution >= 0.6 is 0 Å². The van der Waals surface area contributed by atoms with E-state index in [1.165, 1.54) is 25.1 Å². The number of likely N-dealkylation sites (tertiary alicyclic amines) is 1.